The molecular weight excluding hydrogens is 203 g/mol. The summed E-state index contributed by atoms with van der Waals surface area (Å²) in [6, 6.07) is 0. The smallest absolute Gasteiger partial charge is 0.762 e. The molecule has 2 rings (SSSR count). The number of hydrogen-bond acceptors (Lipinski definition) is 2. The summed E-state index contributed by atoms with van der Waals surface area (Å²) >= 11 is 0. The van der Waals surface area contributed by atoms with Crippen molar-refractivity contribution < 1.29 is 27.2 Å². The summed E-state index contributed by atoms with van der Waals surface area (Å²) < 4.78 is 29.8. The van der Waals surface area contributed by atoms with Crippen molar-refractivity contribution in [1.82, 2.24) is 0 Å². The normalized spacial score (nSPS) is 20.8. The van der Waals surface area contributed by atoms with E-state index in [9.17, 15) is 12.9 Å². The molecule has 0 aliphatic carbocycles. The summed E-state index contributed by atoms with van der Waals surface area (Å²) in [5, 5.41) is 3.77. The van der Waals surface area contributed by atoms with Crippen molar-refractivity contribution in [2.75, 3.05) is 19.6 Å². The molecule has 2 heterocycles. The Balaban J connectivity index is 0.000000299. The van der Waals surface area contributed by atoms with E-state index in [-0.39, 0.29) is 4.70 Å². The van der Waals surface area contributed by atoms with E-state index < -0.39 is 7.54 Å². The molecule has 0 aromatic rings. The van der Waals surface area contributed by atoms with E-state index in [0.717, 1.165) is 24.3 Å². The molecule has 0 bridgehead atoms. The van der Waals surface area contributed by atoms with Crippen molar-refractivity contribution >= 4 is 13.8 Å². The van der Waals surface area contributed by atoms with Crippen LogP contribution < -0.4 is 4.70 Å². The van der Waals surface area contributed by atoms with Gasteiger partial charge in [0.1, 0.15) is 19.3 Å². The lowest BCUT2D eigenvalue weighted by molar-refractivity contribution is -1.09. The third kappa shape index (κ3) is 3.95. The highest BCUT2D eigenvalue weighted by molar-refractivity contribution is 6.33. The summed E-state index contributed by atoms with van der Waals surface area (Å²) in [7, 11) is -3.67. The Morgan fingerprint density at radius 1 is 1.21 bits per heavy atom. The van der Waals surface area contributed by atoms with Crippen molar-refractivity contribution in [3.63, 3.8) is 0 Å². The van der Waals surface area contributed by atoms with E-state index in [2.05, 4.69) is 5.16 Å². The van der Waals surface area contributed by atoms with Gasteiger partial charge in [-0.1, -0.05) is 0 Å². The molecule has 3 nitrogen and oxygen atoms in total. The first-order chi connectivity index (χ1) is 6.15. The zero-order valence-corrected chi connectivity index (χ0v) is 7.50. The molecule has 0 saturated carbocycles. The summed E-state index contributed by atoms with van der Waals surface area (Å²) in [5.41, 5.74) is 0. The Labute approximate surface area is 79.6 Å². The number of quaternary nitrogens is 1. The molecule has 14 heavy (non-hydrogen) atoms. The molecule has 0 aromatic heterocycles. The predicted molar refractivity (Wildman–Crippen MR) is 42.8 cm³/mol. The highest BCUT2D eigenvalue weighted by Crippen LogP contribution is 2.21. The first-order valence-electron chi connectivity index (χ1n) is 4.13. The maximum Gasteiger partial charge on any atom is 0.762 e. The number of rotatable bonds is 0. The summed E-state index contributed by atoms with van der Waals surface area (Å²) in [4.78, 5) is 5.21. The first kappa shape index (κ1) is 13.2. The summed E-state index contributed by atoms with van der Waals surface area (Å²) in [5.74, 6) is 0. The van der Waals surface area contributed by atoms with Gasteiger partial charge in [0.15, 0.2) is 6.54 Å². The Kier molecular flexibility index (Phi) is 5.52. The van der Waals surface area contributed by atoms with Gasteiger partial charge in [-0.25, -0.2) is 0 Å². The van der Waals surface area contributed by atoms with Crippen LogP contribution in [0.25, 0.3) is 0 Å². The van der Waals surface area contributed by atoms with Crippen molar-refractivity contribution in [2.45, 2.75) is 12.8 Å². The van der Waals surface area contributed by atoms with Crippen LogP contribution in [0, 0.1) is 0 Å². The van der Waals surface area contributed by atoms with Crippen molar-refractivity contribution in [1.29, 1.82) is 0 Å². The van der Waals surface area contributed by atoms with Gasteiger partial charge >= 0.3 is 7.54 Å². The van der Waals surface area contributed by atoms with Crippen LogP contribution in [0.4, 0.5) is 12.9 Å². The van der Waals surface area contributed by atoms with Gasteiger partial charge in [0.2, 0.25) is 0 Å². The van der Waals surface area contributed by atoms with Crippen LogP contribution in [0.1, 0.15) is 12.8 Å². The maximum absolute atomic E-state index is 9.67. The Morgan fingerprint density at radius 3 is 2.07 bits per heavy atom. The molecule has 2 aliphatic rings. The van der Waals surface area contributed by atoms with Gasteiger partial charge in [-0.15, -0.1) is 4.65 Å². The number of hydroxylamine groups is 3. The molecular formula is C6H11BF4N2O. The predicted octanol–water partition coefficient (Wildman–Crippen LogP) is -1.59. The van der Waals surface area contributed by atoms with Crippen molar-refractivity contribution in [3.05, 3.63) is 0 Å². The molecule has 0 atom stereocenters. The van der Waals surface area contributed by atoms with Gasteiger partial charge in [-0.3, -0.25) is 12.9 Å². The molecule has 0 amide bonds. The third-order valence-corrected chi connectivity index (χ3v) is 2.09. The highest BCUT2D eigenvalue weighted by Gasteiger charge is 2.37. The van der Waals surface area contributed by atoms with E-state index in [1.807, 2.05) is 6.21 Å². The fourth-order valence-corrected chi connectivity index (χ4v) is 1.52. The highest BCUT2D eigenvalue weighted by atomic mass is 19.4. The van der Waals surface area contributed by atoms with Gasteiger partial charge in [-0.2, -0.15) is 4.94 Å². The Morgan fingerprint density at radius 2 is 1.71 bits per heavy atom. The van der Waals surface area contributed by atoms with Crippen LogP contribution >= 0.6 is 0 Å². The SMILES string of the molecule is C1=NO[N+]2(C1)CCCC2.FB(F)F.[F-]. The molecule has 0 N–H and O–H groups in total. The van der Waals surface area contributed by atoms with Crippen LogP contribution in [0.2, 0.25) is 0 Å². The van der Waals surface area contributed by atoms with Crippen LogP contribution in [-0.2, 0) is 4.94 Å². The van der Waals surface area contributed by atoms with E-state index in [0.29, 0.717) is 0 Å². The second kappa shape index (κ2) is 5.84. The molecule has 8 heteroatoms. The minimum absolute atomic E-state index is 0. The number of nitrogens with zero attached hydrogens (tertiary/aromatic N) is 2. The lowest BCUT2D eigenvalue weighted by atomic mass is 10.4. The van der Waals surface area contributed by atoms with Gasteiger partial charge < -0.3 is 4.70 Å². The van der Waals surface area contributed by atoms with E-state index in [1.54, 1.807) is 0 Å². The van der Waals surface area contributed by atoms with Gasteiger partial charge in [0.25, 0.3) is 0 Å². The Hall–Kier alpha value is -0.785. The topological polar surface area (TPSA) is 21.6 Å². The fourth-order valence-electron chi connectivity index (χ4n) is 1.52. The van der Waals surface area contributed by atoms with Crippen molar-refractivity contribution in [3.8, 4) is 0 Å². The number of oxime groups is 1. The lowest BCUT2D eigenvalue weighted by Gasteiger charge is -2.20. The van der Waals surface area contributed by atoms with Crippen LogP contribution in [0.3, 0.4) is 0 Å². The fraction of sp³-hybridized carbons (Fsp3) is 0.833. The second-order valence-electron chi connectivity index (χ2n) is 3.01. The Bertz CT molecular complexity index is 174. The first-order valence-corrected chi connectivity index (χ1v) is 4.13. The largest absolute Gasteiger partial charge is 1.00 e. The van der Waals surface area contributed by atoms with Gasteiger partial charge in [0, 0.05) is 12.8 Å². The van der Waals surface area contributed by atoms with Gasteiger partial charge in [0.05, 0.1) is 0 Å². The monoisotopic (exact) mass is 214 g/mol. The zero-order chi connectivity index (χ0) is 9.73. The van der Waals surface area contributed by atoms with E-state index >= 15 is 0 Å². The number of halogens is 4. The molecule has 0 radical (unpaired) electrons. The van der Waals surface area contributed by atoms with Gasteiger partial charge in [-0.05, 0) is 5.16 Å². The molecule has 0 unspecified atom stereocenters. The number of hydrogen-bond donors (Lipinski definition) is 0. The summed E-state index contributed by atoms with van der Waals surface area (Å²) in [6.07, 6.45) is 4.46. The van der Waals surface area contributed by atoms with E-state index in [4.69, 9.17) is 4.94 Å². The molecule has 2 aliphatic heterocycles. The molecule has 1 fully saturated rings. The van der Waals surface area contributed by atoms with Crippen LogP contribution in [0.15, 0.2) is 5.16 Å². The maximum atomic E-state index is 9.67. The second-order valence-corrected chi connectivity index (χ2v) is 3.01. The minimum atomic E-state index is -3.67. The average Bonchev–Trinajstić information content (AvgIpc) is 2.63. The van der Waals surface area contributed by atoms with Crippen LogP contribution in [0.5, 0.6) is 0 Å². The molecule has 82 valence electrons. The minimum Gasteiger partial charge on any atom is -1.00 e. The molecule has 0 aromatic carbocycles. The average molecular weight is 214 g/mol. The third-order valence-electron chi connectivity index (χ3n) is 2.09. The summed E-state index contributed by atoms with van der Waals surface area (Å²) in [6.45, 7) is 3.29. The quantitative estimate of drug-likeness (QED) is 0.270. The standard InChI is InChI=1S/C6H11N2O.BF3.FH/c1-2-5-8(4-1)6-3-7-9-8;2-1(3)4;/h3H,1-2,4-6H2;;1H/q+1;;/p-1. The van der Waals surface area contributed by atoms with Crippen molar-refractivity contribution in [2.24, 2.45) is 5.16 Å². The van der Waals surface area contributed by atoms with Crippen LogP contribution in [-0.4, -0.2) is 38.0 Å². The van der Waals surface area contributed by atoms with E-state index in [1.165, 1.54) is 12.8 Å². The molecule has 1 saturated heterocycles. The zero-order valence-electron chi connectivity index (χ0n) is 7.50. The molecule has 1 spiro atoms. The lowest BCUT2D eigenvalue weighted by Crippen LogP contribution is -3.00.